The van der Waals surface area contributed by atoms with E-state index in [-0.39, 0.29) is 5.56 Å². The number of likely N-dealkylation sites (tertiary alicyclic amines) is 1. The summed E-state index contributed by atoms with van der Waals surface area (Å²) >= 11 is 0. The molecule has 0 saturated carbocycles. The predicted molar refractivity (Wildman–Crippen MR) is 73.1 cm³/mol. The zero-order valence-electron chi connectivity index (χ0n) is 11.1. The van der Waals surface area contributed by atoms with E-state index in [0.717, 1.165) is 31.5 Å². The smallest absolute Gasteiger partial charge is 0.338 e. The van der Waals surface area contributed by atoms with Gasteiger partial charge in [-0.3, -0.25) is 4.90 Å². The SMILES string of the molecule is COC1CCN(Cc2cccc(N)c2C(=O)O)CC1. The van der Waals surface area contributed by atoms with E-state index in [1.807, 2.05) is 6.07 Å². The van der Waals surface area contributed by atoms with E-state index in [9.17, 15) is 9.90 Å². The lowest BCUT2D eigenvalue weighted by Gasteiger charge is -2.31. The number of carbonyl (C=O) groups is 1. The number of methoxy groups -OCH3 is 1. The largest absolute Gasteiger partial charge is 0.478 e. The highest BCUT2D eigenvalue weighted by Crippen LogP contribution is 2.21. The lowest BCUT2D eigenvalue weighted by Crippen LogP contribution is -2.36. The summed E-state index contributed by atoms with van der Waals surface area (Å²) in [6.07, 6.45) is 2.30. The Morgan fingerprint density at radius 3 is 2.74 bits per heavy atom. The van der Waals surface area contributed by atoms with Crippen LogP contribution in [0, 0.1) is 0 Å². The molecule has 19 heavy (non-hydrogen) atoms. The fourth-order valence-electron chi connectivity index (χ4n) is 2.56. The molecule has 104 valence electrons. The molecule has 1 aliphatic rings. The van der Waals surface area contributed by atoms with Crippen molar-refractivity contribution in [3.8, 4) is 0 Å². The maximum atomic E-state index is 11.3. The second-order valence-electron chi connectivity index (χ2n) is 4.90. The zero-order chi connectivity index (χ0) is 13.8. The van der Waals surface area contributed by atoms with E-state index >= 15 is 0 Å². The number of aromatic carboxylic acids is 1. The third kappa shape index (κ3) is 3.24. The number of nitrogen functional groups attached to an aromatic ring is 1. The summed E-state index contributed by atoms with van der Waals surface area (Å²) in [6, 6.07) is 5.27. The number of hydrogen-bond acceptors (Lipinski definition) is 4. The van der Waals surface area contributed by atoms with Gasteiger partial charge < -0.3 is 15.6 Å². The summed E-state index contributed by atoms with van der Waals surface area (Å²) in [6.45, 7) is 2.47. The Kier molecular flexibility index (Phi) is 4.39. The van der Waals surface area contributed by atoms with E-state index < -0.39 is 5.97 Å². The molecule has 1 aromatic rings. The maximum absolute atomic E-state index is 11.3. The normalized spacial score (nSPS) is 17.5. The molecule has 5 heteroatoms. The summed E-state index contributed by atoms with van der Waals surface area (Å²) < 4.78 is 5.33. The van der Waals surface area contributed by atoms with Crippen LogP contribution in [0.15, 0.2) is 18.2 Å². The van der Waals surface area contributed by atoms with E-state index in [1.54, 1.807) is 19.2 Å². The number of piperidine rings is 1. The number of rotatable bonds is 4. The highest BCUT2D eigenvalue weighted by molar-refractivity contribution is 5.95. The van der Waals surface area contributed by atoms with Gasteiger partial charge in [-0.15, -0.1) is 0 Å². The molecule has 0 amide bonds. The van der Waals surface area contributed by atoms with Crippen molar-refractivity contribution in [2.24, 2.45) is 0 Å². The second-order valence-corrected chi connectivity index (χ2v) is 4.90. The zero-order valence-corrected chi connectivity index (χ0v) is 11.1. The van der Waals surface area contributed by atoms with Crippen LogP contribution < -0.4 is 5.73 Å². The Morgan fingerprint density at radius 1 is 1.47 bits per heavy atom. The van der Waals surface area contributed by atoms with Crippen molar-refractivity contribution < 1.29 is 14.6 Å². The second kappa shape index (κ2) is 6.04. The molecular formula is C14H20N2O3. The summed E-state index contributed by atoms with van der Waals surface area (Å²) in [5, 5.41) is 9.24. The molecule has 0 atom stereocenters. The minimum Gasteiger partial charge on any atom is -0.478 e. The predicted octanol–water partition coefficient (Wildman–Crippen LogP) is 1.58. The monoisotopic (exact) mass is 264 g/mol. The highest BCUT2D eigenvalue weighted by Gasteiger charge is 2.21. The van der Waals surface area contributed by atoms with Crippen LogP contribution in [-0.2, 0) is 11.3 Å². The Balaban J connectivity index is 2.08. The van der Waals surface area contributed by atoms with Crippen molar-refractivity contribution in [3.05, 3.63) is 29.3 Å². The minimum absolute atomic E-state index is 0.233. The third-order valence-electron chi connectivity index (χ3n) is 3.66. The van der Waals surface area contributed by atoms with Crippen LogP contribution in [0.5, 0.6) is 0 Å². The van der Waals surface area contributed by atoms with Crippen molar-refractivity contribution in [1.82, 2.24) is 4.90 Å². The number of anilines is 1. The van der Waals surface area contributed by atoms with Crippen molar-refractivity contribution in [2.75, 3.05) is 25.9 Å². The summed E-state index contributed by atoms with van der Waals surface area (Å²) in [5.41, 5.74) is 7.10. The first-order chi connectivity index (χ1) is 9.11. The van der Waals surface area contributed by atoms with Crippen molar-refractivity contribution in [3.63, 3.8) is 0 Å². The van der Waals surface area contributed by atoms with E-state index in [4.69, 9.17) is 10.5 Å². The van der Waals surface area contributed by atoms with E-state index in [2.05, 4.69) is 4.90 Å². The van der Waals surface area contributed by atoms with Gasteiger partial charge in [-0.2, -0.15) is 0 Å². The molecule has 0 aliphatic carbocycles. The number of nitrogens with two attached hydrogens (primary N) is 1. The quantitative estimate of drug-likeness (QED) is 0.807. The fraction of sp³-hybridized carbons (Fsp3) is 0.500. The van der Waals surface area contributed by atoms with Gasteiger partial charge in [0.05, 0.1) is 11.7 Å². The molecule has 1 aromatic carbocycles. The minimum atomic E-state index is -0.958. The molecule has 1 fully saturated rings. The van der Waals surface area contributed by atoms with Crippen LogP contribution >= 0.6 is 0 Å². The summed E-state index contributed by atoms with van der Waals surface area (Å²) in [4.78, 5) is 13.5. The first-order valence-electron chi connectivity index (χ1n) is 6.47. The molecule has 1 aliphatic heterocycles. The Labute approximate surface area is 113 Å². The van der Waals surface area contributed by atoms with Crippen molar-refractivity contribution in [1.29, 1.82) is 0 Å². The van der Waals surface area contributed by atoms with Crippen molar-refractivity contribution in [2.45, 2.75) is 25.5 Å². The lowest BCUT2D eigenvalue weighted by molar-refractivity contribution is 0.0386. The lowest BCUT2D eigenvalue weighted by atomic mass is 10.0. The van der Waals surface area contributed by atoms with Gasteiger partial charge in [-0.1, -0.05) is 12.1 Å². The van der Waals surface area contributed by atoms with Gasteiger partial charge in [0.15, 0.2) is 0 Å². The van der Waals surface area contributed by atoms with Gasteiger partial charge in [0.25, 0.3) is 0 Å². The number of benzene rings is 1. The molecule has 2 rings (SSSR count). The molecule has 1 heterocycles. The first kappa shape index (κ1) is 13.8. The van der Waals surface area contributed by atoms with Crippen LogP contribution in [0.4, 0.5) is 5.69 Å². The van der Waals surface area contributed by atoms with Gasteiger partial charge in [-0.25, -0.2) is 4.79 Å². The van der Waals surface area contributed by atoms with Crippen LogP contribution in [0.25, 0.3) is 0 Å². The van der Waals surface area contributed by atoms with Crippen LogP contribution in [0.2, 0.25) is 0 Å². The van der Waals surface area contributed by atoms with Gasteiger partial charge in [0.1, 0.15) is 0 Å². The molecule has 0 radical (unpaired) electrons. The first-order valence-corrected chi connectivity index (χ1v) is 6.47. The number of carboxylic acid groups (broad SMARTS) is 1. The molecule has 3 N–H and O–H groups in total. The van der Waals surface area contributed by atoms with E-state index in [1.165, 1.54) is 0 Å². The van der Waals surface area contributed by atoms with E-state index in [0.29, 0.717) is 18.3 Å². The molecule has 5 nitrogen and oxygen atoms in total. The number of nitrogens with zero attached hydrogens (tertiary/aromatic N) is 1. The van der Waals surface area contributed by atoms with Gasteiger partial charge >= 0.3 is 5.97 Å². The highest BCUT2D eigenvalue weighted by atomic mass is 16.5. The van der Waals surface area contributed by atoms with Gasteiger partial charge in [0, 0.05) is 32.4 Å². The molecule has 1 saturated heterocycles. The van der Waals surface area contributed by atoms with Crippen LogP contribution in [-0.4, -0.2) is 42.3 Å². The van der Waals surface area contributed by atoms with Gasteiger partial charge in [0.2, 0.25) is 0 Å². The van der Waals surface area contributed by atoms with Crippen LogP contribution in [0.1, 0.15) is 28.8 Å². The number of ether oxygens (including phenoxy) is 1. The number of hydrogen-bond donors (Lipinski definition) is 2. The standard InChI is InChI=1S/C14H20N2O3/c1-19-11-5-7-16(8-6-11)9-10-3-2-4-12(15)13(10)14(17)18/h2-4,11H,5-9,15H2,1H3,(H,17,18). The topological polar surface area (TPSA) is 75.8 Å². The van der Waals surface area contributed by atoms with Crippen molar-refractivity contribution >= 4 is 11.7 Å². The Morgan fingerprint density at radius 2 is 2.16 bits per heavy atom. The summed E-state index contributed by atoms with van der Waals surface area (Å²) in [5.74, 6) is -0.958. The third-order valence-corrected chi connectivity index (χ3v) is 3.66. The molecule has 0 bridgehead atoms. The van der Waals surface area contributed by atoms with Gasteiger partial charge in [-0.05, 0) is 24.5 Å². The molecule has 0 unspecified atom stereocenters. The molecule has 0 aromatic heterocycles. The Bertz CT molecular complexity index is 454. The average molecular weight is 264 g/mol. The molecular weight excluding hydrogens is 244 g/mol. The molecule has 0 spiro atoms. The number of carboxylic acids is 1. The summed E-state index contributed by atoms with van der Waals surface area (Å²) in [7, 11) is 1.74. The maximum Gasteiger partial charge on any atom is 0.338 e. The Hall–Kier alpha value is -1.59. The fourth-order valence-corrected chi connectivity index (χ4v) is 2.56. The average Bonchev–Trinajstić information content (AvgIpc) is 2.39. The van der Waals surface area contributed by atoms with Crippen LogP contribution in [0.3, 0.4) is 0 Å².